The van der Waals surface area contributed by atoms with E-state index < -0.39 is 0 Å². The number of likely N-dealkylation sites (tertiary alicyclic amines) is 3. The highest BCUT2D eigenvalue weighted by Crippen LogP contribution is 2.45. The van der Waals surface area contributed by atoms with Gasteiger partial charge in [-0.2, -0.15) is 0 Å². The first-order valence-electron chi connectivity index (χ1n) is 11.3. The molecule has 1 unspecified atom stereocenters. The van der Waals surface area contributed by atoms with Crippen LogP contribution in [-0.2, 0) is 0 Å². The predicted octanol–water partition coefficient (Wildman–Crippen LogP) is 3.84. The molecule has 0 bridgehead atoms. The Bertz CT molecular complexity index is 425. The van der Waals surface area contributed by atoms with Gasteiger partial charge < -0.3 is 9.80 Å². The van der Waals surface area contributed by atoms with Crippen LogP contribution in [0.25, 0.3) is 0 Å². The molecule has 3 heterocycles. The summed E-state index contributed by atoms with van der Waals surface area (Å²) >= 11 is 0. The number of nitrogens with zero attached hydrogens (tertiary/aromatic N) is 3. The van der Waals surface area contributed by atoms with Crippen molar-refractivity contribution in [3.05, 3.63) is 0 Å². The van der Waals surface area contributed by atoms with E-state index in [9.17, 15) is 0 Å². The fourth-order valence-corrected chi connectivity index (χ4v) is 6.25. The van der Waals surface area contributed by atoms with Gasteiger partial charge in [0.15, 0.2) is 0 Å². The second-order valence-electron chi connectivity index (χ2n) is 10.2. The maximum atomic E-state index is 2.87. The Balaban J connectivity index is 1.20. The largest absolute Gasteiger partial charge is 0.300 e. The van der Waals surface area contributed by atoms with Crippen molar-refractivity contribution in [1.82, 2.24) is 14.7 Å². The van der Waals surface area contributed by atoms with Crippen molar-refractivity contribution in [1.29, 1.82) is 0 Å². The minimum absolute atomic E-state index is 0.711. The maximum absolute atomic E-state index is 2.87. The standard InChI is InChI=1S/C22H41N3/c1-18(2)25-16-22(17-25)10-6-20(7-11-22)23-13-8-21(9-14-23)24-12-4-5-19(3)15-24/h18-21H,4-17H2,1-3H3. The monoisotopic (exact) mass is 347 g/mol. The Labute approximate surface area is 156 Å². The summed E-state index contributed by atoms with van der Waals surface area (Å²) in [5.74, 6) is 0.925. The molecule has 1 atom stereocenters. The van der Waals surface area contributed by atoms with Gasteiger partial charge in [0.05, 0.1) is 0 Å². The lowest BCUT2D eigenvalue weighted by atomic mass is 9.66. The third-order valence-electron chi connectivity index (χ3n) is 8.04. The van der Waals surface area contributed by atoms with Crippen LogP contribution in [0.4, 0.5) is 0 Å². The Hall–Kier alpha value is -0.120. The van der Waals surface area contributed by atoms with Gasteiger partial charge in [-0.25, -0.2) is 0 Å². The van der Waals surface area contributed by atoms with E-state index >= 15 is 0 Å². The minimum atomic E-state index is 0.711. The van der Waals surface area contributed by atoms with Gasteiger partial charge in [-0.3, -0.25) is 4.90 Å². The molecule has 0 N–H and O–H groups in total. The van der Waals surface area contributed by atoms with Crippen LogP contribution in [0, 0.1) is 11.3 Å². The summed E-state index contributed by atoms with van der Waals surface area (Å²) in [5.41, 5.74) is 0.711. The number of rotatable bonds is 3. The molecule has 1 aliphatic carbocycles. The van der Waals surface area contributed by atoms with E-state index in [1.165, 1.54) is 90.6 Å². The summed E-state index contributed by atoms with van der Waals surface area (Å²) in [6.45, 7) is 15.4. The highest BCUT2D eigenvalue weighted by atomic mass is 15.2. The highest BCUT2D eigenvalue weighted by Gasteiger charge is 2.46. The van der Waals surface area contributed by atoms with Crippen LogP contribution in [0.3, 0.4) is 0 Å². The first-order valence-corrected chi connectivity index (χ1v) is 11.3. The van der Waals surface area contributed by atoms with Gasteiger partial charge in [0.1, 0.15) is 0 Å². The molecule has 144 valence electrons. The van der Waals surface area contributed by atoms with Crippen molar-refractivity contribution in [2.45, 2.75) is 90.3 Å². The summed E-state index contributed by atoms with van der Waals surface area (Å²) in [6, 6.07) is 2.54. The Morgan fingerprint density at radius 2 is 1.44 bits per heavy atom. The zero-order chi connectivity index (χ0) is 17.4. The summed E-state index contributed by atoms with van der Waals surface area (Å²) in [4.78, 5) is 8.37. The Morgan fingerprint density at radius 1 is 0.800 bits per heavy atom. The van der Waals surface area contributed by atoms with Crippen LogP contribution in [0.2, 0.25) is 0 Å². The number of hydrogen-bond donors (Lipinski definition) is 0. The molecule has 0 aromatic rings. The van der Waals surface area contributed by atoms with Gasteiger partial charge in [-0.1, -0.05) is 6.92 Å². The molecule has 4 aliphatic rings. The van der Waals surface area contributed by atoms with E-state index in [0.717, 1.165) is 24.0 Å². The van der Waals surface area contributed by atoms with Gasteiger partial charge in [0.25, 0.3) is 0 Å². The molecule has 1 saturated carbocycles. The molecule has 1 spiro atoms. The second kappa shape index (κ2) is 7.48. The second-order valence-corrected chi connectivity index (χ2v) is 10.2. The SMILES string of the molecule is CC1CCCN(C2CCN(C3CCC4(CC3)CN(C(C)C)C4)CC2)C1. The van der Waals surface area contributed by atoms with E-state index in [-0.39, 0.29) is 0 Å². The van der Waals surface area contributed by atoms with Crippen molar-refractivity contribution in [2.24, 2.45) is 11.3 Å². The molecule has 4 fully saturated rings. The molecule has 3 saturated heterocycles. The summed E-state index contributed by atoms with van der Waals surface area (Å²) in [6.07, 6.45) is 11.7. The third kappa shape index (κ3) is 3.94. The van der Waals surface area contributed by atoms with Crippen LogP contribution < -0.4 is 0 Å². The molecule has 0 amide bonds. The van der Waals surface area contributed by atoms with Gasteiger partial charge in [0, 0.05) is 37.8 Å². The van der Waals surface area contributed by atoms with E-state index in [1.807, 2.05) is 0 Å². The first kappa shape index (κ1) is 18.3. The quantitative estimate of drug-likeness (QED) is 0.768. The van der Waals surface area contributed by atoms with Crippen molar-refractivity contribution >= 4 is 0 Å². The van der Waals surface area contributed by atoms with Crippen LogP contribution >= 0.6 is 0 Å². The van der Waals surface area contributed by atoms with Crippen molar-refractivity contribution in [3.63, 3.8) is 0 Å². The smallest absolute Gasteiger partial charge is 0.0120 e. The summed E-state index contributed by atoms with van der Waals surface area (Å²) in [5, 5.41) is 0. The van der Waals surface area contributed by atoms with Crippen LogP contribution in [0.5, 0.6) is 0 Å². The molecule has 0 radical (unpaired) electrons. The normalized spacial score (nSPS) is 33.8. The molecule has 3 heteroatoms. The fourth-order valence-electron chi connectivity index (χ4n) is 6.25. The molecule has 25 heavy (non-hydrogen) atoms. The fraction of sp³-hybridized carbons (Fsp3) is 1.00. The molecule has 3 aliphatic heterocycles. The zero-order valence-corrected chi connectivity index (χ0v) is 17.1. The summed E-state index contributed by atoms with van der Waals surface area (Å²) < 4.78 is 0. The molecule has 0 aromatic heterocycles. The van der Waals surface area contributed by atoms with Crippen LogP contribution in [0.15, 0.2) is 0 Å². The molecular formula is C22H41N3. The minimum Gasteiger partial charge on any atom is -0.300 e. The van der Waals surface area contributed by atoms with Gasteiger partial charge in [-0.15, -0.1) is 0 Å². The van der Waals surface area contributed by atoms with Crippen LogP contribution in [-0.4, -0.2) is 72.1 Å². The molecule has 3 nitrogen and oxygen atoms in total. The predicted molar refractivity (Wildman–Crippen MR) is 106 cm³/mol. The lowest BCUT2D eigenvalue weighted by Gasteiger charge is -2.56. The molecule has 4 rings (SSSR count). The maximum Gasteiger partial charge on any atom is 0.0120 e. The van der Waals surface area contributed by atoms with Crippen molar-refractivity contribution in [3.8, 4) is 0 Å². The Morgan fingerprint density at radius 3 is 2.04 bits per heavy atom. The lowest BCUT2D eigenvalue weighted by Crippen LogP contribution is -2.61. The number of hydrogen-bond acceptors (Lipinski definition) is 3. The summed E-state index contributed by atoms with van der Waals surface area (Å²) in [7, 11) is 0. The van der Waals surface area contributed by atoms with Gasteiger partial charge in [0.2, 0.25) is 0 Å². The lowest BCUT2D eigenvalue weighted by molar-refractivity contribution is -0.0642. The van der Waals surface area contributed by atoms with Crippen molar-refractivity contribution < 1.29 is 0 Å². The highest BCUT2D eigenvalue weighted by molar-refractivity contribution is 5.00. The molecular weight excluding hydrogens is 306 g/mol. The van der Waals surface area contributed by atoms with E-state index in [1.54, 1.807) is 0 Å². The van der Waals surface area contributed by atoms with Crippen LogP contribution in [0.1, 0.15) is 72.1 Å². The third-order valence-corrected chi connectivity index (χ3v) is 8.04. The average molecular weight is 348 g/mol. The topological polar surface area (TPSA) is 9.72 Å². The van der Waals surface area contributed by atoms with E-state index in [0.29, 0.717) is 5.41 Å². The average Bonchev–Trinajstić information content (AvgIpc) is 2.60. The van der Waals surface area contributed by atoms with E-state index in [2.05, 4.69) is 35.5 Å². The van der Waals surface area contributed by atoms with E-state index in [4.69, 9.17) is 0 Å². The van der Waals surface area contributed by atoms with Gasteiger partial charge in [-0.05, 0) is 96.2 Å². The molecule has 0 aromatic carbocycles. The number of piperidine rings is 2. The zero-order valence-electron chi connectivity index (χ0n) is 17.1. The van der Waals surface area contributed by atoms with Crippen molar-refractivity contribution in [2.75, 3.05) is 39.3 Å². The first-order chi connectivity index (χ1) is 12.0. The Kier molecular flexibility index (Phi) is 5.46. The van der Waals surface area contributed by atoms with Gasteiger partial charge >= 0.3 is 0 Å².